The maximum atomic E-state index is 12.0. The van der Waals surface area contributed by atoms with E-state index >= 15 is 0 Å². The quantitative estimate of drug-likeness (QED) is 0.233. The molecule has 2 aliphatic rings. The predicted molar refractivity (Wildman–Crippen MR) is 146 cm³/mol. The highest BCUT2D eigenvalue weighted by atomic mass is 16.6. The van der Waals surface area contributed by atoms with Gasteiger partial charge in [-0.2, -0.15) is 0 Å². The molecular formula is C28H32N6O4. The van der Waals surface area contributed by atoms with Crippen molar-refractivity contribution in [2.45, 2.75) is 25.4 Å². The fourth-order valence-corrected chi connectivity index (χ4v) is 4.95. The molecule has 10 nitrogen and oxygen atoms in total. The Kier molecular flexibility index (Phi) is 8.02. The molecule has 0 spiro atoms. The number of benzene rings is 2. The molecule has 1 saturated heterocycles. The van der Waals surface area contributed by atoms with E-state index in [0.717, 1.165) is 56.2 Å². The van der Waals surface area contributed by atoms with Crippen LogP contribution in [-0.2, 0) is 16.8 Å². The van der Waals surface area contributed by atoms with Crippen molar-refractivity contribution in [1.82, 2.24) is 20.2 Å². The van der Waals surface area contributed by atoms with Gasteiger partial charge in [-0.3, -0.25) is 25.3 Å². The zero-order chi connectivity index (χ0) is 26.4. The van der Waals surface area contributed by atoms with Gasteiger partial charge in [0.1, 0.15) is 12.1 Å². The molecular weight excluding hydrogens is 484 g/mol. The summed E-state index contributed by atoms with van der Waals surface area (Å²) in [6, 6.07) is 11.3. The fraction of sp³-hybridized carbons (Fsp3) is 0.393. The van der Waals surface area contributed by atoms with Gasteiger partial charge in [-0.1, -0.05) is 19.1 Å². The van der Waals surface area contributed by atoms with E-state index in [1.54, 1.807) is 18.5 Å². The third kappa shape index (κ3) is 5.88. The molecule has 198 valence electrons. The van der Waals surface area contributed by atoms with Crippen LogP contribution in [0.1, 0.15) is 24.5 Å². The molecule has 1 aromatic heterocycles. The zero-order valence-corrected chi connectivity index (χ0v) is 21.5. The van der Waals surface area contributed by atoms with Gasteiger partial charge >= 0.3 is 0 Å². The van der Waals surface area contributed by atoms with Crippen LogP contribution in [0.15, 0.2) is 65.6 Å². The second-order valence-electron chi connectivity index (χ2n) is 9.46. The van der Waals surface area contributed by atoms with E-state index in [1.807, 2.05) is 25.1 Å². The number of nitrogens with zero attached hydrogens (tertiary/aromatic N) is 5. The first-order valence-electron chi connectivity index (χ1n) is 13.0. The van der Waals surface area contributed by atoms with Gasteiger partial charge in [-0.25, -0.2) is 9.97 Å². The van der Waals surface area contributed by atoms with Gasteiger partial charge in [0.15, 0.2) is 5.66 Å². The summed E-state index contributed by atoms with van der Waals surface area (Å²) in [4.78, 5) is 27.1. The van der Waals surface area contributed by atoms with Crippen molar-refractivity contribution in [1.29, 1.82) is 0 Å². The maximum Gasteiger partial charge on any atom is 0.277 e. The number of rotatable bonds is 11. The van der Waals surface area contributed by atoms with E-state index in [-0.39, 0.29) is 10.6 Å². The lowest BCUT2D eigenvalue weighted by atomic mass is 9.94. The van der Waals surface area contributed by atoms with Crippen LogP contribution in [0, 0.1) is 10.1 Å². The Labute approximate surface area is 221 Å². The van der Waals surface area contributed by atoms with Crippen LogP contribution in [-0.4, -0.2) is 72.0 Å². The van der Waals surface area contributed by atoms with E-state index in [9.17, 15) is 10.1 Å². The second kappa shape index (κ2) is 11.8. The van der Waals surface area contributed by atoms with Crippen LogP contribution in [0.5, 0.6) is 5.75 Å². The van der Waals surface area contributed by atoms with Crippen LogP contribution in [0.25, 0.3) is 10.9 Å². The van der Waals surface area contributed by atoms with E-state index in [1.165, 1.54) is 12.4 Å². The molecule has 38 heavy (non-hydrogen) atoms. The summed E-state index contributed by atoms with van der Waals surface area (Å²) in [5.41, 5.74) is 2.13. The molecule has 0 aliphatic carbocycles. The molecule has 0 saturated carbocycles. The summed E-state index contributed by atoms with van der Waals surface area (Å²) >= 11 is 0. The molecule has 1 fully saturated rings. The maximum absolute atomic E-state index is 12.0. The second-order valence-corrected chi connectivity index (χ2v) is 9.46. The molecule has 1 atom stereocenters. The number of nitro groups is 1. The average Bonchev–Trinajstić information content (AvgIpc) is 3.35. The first-order chi connectivity index (χ1) is 18.6. The summed E-state index contributed by atoms with van der Waals surface area (Å²) in [7, 11) is 0. The topological polar surface area (TPSA) is 115 Å². The first kappa shape index (κ1) is 25.9. The minimum Gasteiger partial charge on any atom is -0.494 e. The molecule has 0 bridgehead atoms. The number of morpholine rings is 1. The van der Waals surface area contributed by atoms with E-state index in [4.69, 9.17) is 14.5 Å². The van der Waals surface area contributed by atoms with Crippen molar-refractivity contribution >= 4 is 22.8 Å². The summed E-state index contributed by atoms with van der Waals surface area (Å²) in [6.45, 7) is 7.84. The smallest absolute Gasteiger partial charge is 0.277 e. The van der Waals surface area contributed by atoms with E-state index in [2.05, 4.69) is 32.3 Å². The van der Waals surface area contributed by atoms with Gasteiger partial charge in [0.2, 0.25) is 0 Å². The third-order valence-corrected chi connectivity index (χ3v) is 6.83. The number of aliphatic imine (C=N–C) groups is 1. The molecule has 1 unspecified atom stereocenters. The summed E-state index contributed by atoms with van der Waals surface area (Å²) in [6.07, 6.45) is 8.42. The molecule has 2 aliphatic heterocycles. The number of nitro benzene ring substituents is 1. The molecule has 2 aromatic carbocycles. The Morgan fingerprint density at radius 2 is 2.03 bits per heavy atom. The molecule has 3 aromatic rings. The van der Waals surface area contributed by atoms with Crippen LogP contribution in [0.4, 0.5) is 5.69 Å². The van der Waals surface area contributed by atoms with Crippen LogP contribution in [0.3, 0.4) is 0 Å². The van der Waals surface area contributed by atoms with Gasteiger partial charge in [-0.05, 0) is 54.8 Å². The van der Waals surface area contributed by atoms with Crippen LogP contribution >= 0.6 is 0 Å². The molecule has 10 heteroatoms. The number of fused-ring (bicyclic) bond motifs is 1. The Morgan fingerprint density at radius 1 is 1.21 bits per heavy atom. The average molecular weight is 517 g/mol. The van der Waals surface area contributed by atoms with Crippen molar-refractivity contribution < 1.29 is 14.4 Å². The Balaban J connectivity index is 1.27. The highest BCUT2D eigenvalue weighted by molar-refractivity contribution is 5.86. The van der Waals surface area contributed by atoms with Crippen molar-refractivity contribution in [3.8, 4) is 5.75 Å². The summed E-state index contributed by atoms with van der Waals surface area (Å²) in [5, 5.41) is 16.0. The highest BCUT2D eigenvalue weighted by Gasteiger charge is 2.38. The van der Waals surface area contributed by atoms with E-state index in [0.29, 0.717) is 36.0 Å². The van der Waals surface area contributed by atoms with Crippen molar-refractivity contribution in [2.75, 3.05) is 46.0 Å². The van der Waals surface area contributed by atoms with Gasteiger partial charge < -0.3 is 9.47 Å². The van der Waals surface area contributed by atoms with Crippen molar-refractivity contribution in [2.24, 2.45) is 4.99 Å². The third-order valence-electron chi connectivity index (χ3n) is 6.83. The largest absolute Gasteiger partial charge is 0.494 e. The lowest BCUT2D eigenvalue weighted by molar-refractivity contribution is -0.385. The van der Waals surface area contributed by atoms with Crippen LogP contribution < -0.4 is 10.1 Å². The number of aromatic nitrogens is 2. The first-order valence-corrected chi connectivity index (χ1v) is 13.0. The number of hydrogen-bond donors (Lipinski definition) is 1. The summed E-state index contributed by atoms with van der Waals surface area (Å²) < 4.78 is 11.3. The molecule has 0 amide bonds. The van der Waals surface area contributed by atoms with Crippen molar-refractivity contribution in [3.05, 3.63) is 81.8 Å². The van der Waals surface area contributed by atoms with Gasteiger partial charge in [-0.15, -0.1) is 0 Å². The van der Waals surface area contributed by atoms with Gasteiger partial charge in [0.05, 0.1) is 35.8 Å². The molecule has 1 N–H and O–H groups in total. The van der Waals surface area contributed by atoms with Crippen LogP contribution in [0.2, 0.25) is 0 Å². The predicted octanol–water partition coefficient (Wildman–Crippen LogP) is 3.65. The van der Waals surface area contributed by atoms with Crippen molar-refractivity contribution in [3.63, 3.8) is 0 Å². The Bertz CT molecular complexity index is 1340. The highest BCUT2D eigenvalue weighted by Crippen LogP contribution is 2.38. The minimum absolute atomic E-state index is 0.0157. The van der Waals surface area contributed by atoms with E-state index < -0.39 is 5.66 Å². The number of hydrogen-bond acceptors (Lipinski definition) is 9. The molecule has 0 radical (unpaired) electrons. The zero-order valence-electron chi connectivity index (χ0n) is 21.5. The Morgan fingerprint density at radius 3 is 2.79 bits per heavy atom. The fourth-order valence-electron chi connectivity index (χ4n) is 4.95. The van der Waals surface area contributed by atoms with Gasteiger partial charge in [0.25, 0.3) is 5.69 Å². The standard InChI is InChI=1S/C28H32N6O4/c1-2-31-28(25-16-26-23(19-29-20-30-26)15-27(25)34(35)36)17-22(18-32-28)14-21-4-6-24(7-5-21)38-11-3-8-33-9-12-37-13-10-33/h4-7,15-20,31H,2-3,8-14H2,1H3. The van der Waals surface area contributed by atoms with Gasteiger partial charge in [0, 0.05) is 43.5 Å². The lowest BCUT2D eigenvalue weighted by Crippen LogP contribution is -2.38. The monoisotopic (exact) mass is 516 g/mol. The molecule has 5 rings (SSSR count). The number of allylic oxidation sites excluding steroid dienone is 1. The number of ether oxygens (including phenoxy) is 2. The normalized spacial score (nSPS) is 19.6. The summed E-state index contributed by atoms with van der Waals surface area (Å²) in [5.74, 6) is 0.848. The SMILES string of the molecule is CCNC1(c2cc3ncncc3cc2[N+](=O)[O-])C=C(Cc2ccc(OCCCN3CCOCC3)cc2)C=N1. The number of likely N-dealkylation sites (N-methyl/N-ethyl adjacent to an activating group) is 1. The minimum atomic E-state index is -1.03. The molecule has 3 heterocycles. The Hall–Kier alpha value is -3.73. The number of nitrogens with one attached hydrogen (secondary N) is 1. The lowest BCUT2D eigenvalue weighted by Gasteiger charge is -2.26.